The molecule has 3 nitrogen and oxygen atoms in total. The second-order valence-corrected chi connectivity index (χ2v) is 3.43. The van der Waals surface area contributed by atoms with E-state index in [4.69, 9.17) is 0 Å². The summed E-state index contributed by atoms with van der Waals surface area (Å²) >= 11 is 0. The second kappa shape index (κ2) is 3.25. The van der Waals surface area contributed by atoms with E-state index in [0.717, 1.165) is 11.3 Å². The highest BCUT2D eigenvalue weighted by Gasteiger charge is 2.17. The van der Waals surface area contributed by atoms with Gasteiger partial charge in [0.1, 0.15) is 0 Å². The largest absolute Gasteiger partial charge is 0.321 e. The van der Waals surface area contributed by atoms with Gasteiger partial charge in [0.15, 0.2) is 0 Å². The molecule has 1 atom stereocenters. The van der Waals surface area contributed by atoms with Crippen LogP contribution in [0.3, 0.4) is 0 Å². The van der Waals surface area contributed by atoms with Gasteiger partial charge in [-0.25, -0.2) is 0 Å². The smallest absolute Gasteiger partial charge is 0.269 e. The molecule has 3 heteroatoms. The number of hydrogen-bond donors (Lipinski definition) is 1. The summed E-state index contributed by atoms with van der Waals surface area (Å²) in [5.41, 5.74) is 2.47. The Balaban J connectivity index is 2.53. The van der Waals surface area contributed by atoms with Crippen LogP contribution in [0.2, 0.25) is 0 Å². The molecule has 0 saturated heterocycles. The van der Waals surface area contributed by atoms with Gasteiger partial charge in [-0.2, -0.15) is 0 Å². The van der Waals surface area contributed by atoms with Crippen molar-refractivity contribution in [3.8, 4) is 0 Å². The minimum absolute atomic E-state index is 0.0464. The van der Waals surface area contributed by atoms with E-state index in [0.29, 0.717) is 5.71 Å². The molecule has 14 heavy (non-hydrogen) atoms. The van der Waals surface area contributed by atoms with Crippen molar-refractivity contribution >= 4 is 17.3 Å². The number of nitrogens with one attached hydrogen (secondary N) is 1. The number of hydrogen-bond acceptors (Lipinski definition) is 2. The van der Waals surface area contributed by atoms with Crippen LogP contribution in [0, 0.1) is 0 Å². The highest BCUT2D eigenvalue weighted by molar-refractivity contribution is 6.42. The van der Waals surface area contributed by atoms with Gasteiger partial charge in [0.05, 0.1) is 11.8 Å². The fourth-order valence-corrected chi connectivity index (χ4v) is 1.61. The Morgan fingerprint density at radius 3 is 2.86 bits per heavy atom. The number of anilines is 1. The molecule has 2 rings (SSSR count). The third-order valence-corrected chi connectivity index (χ3v) is 2.37. The molecular weight excluding hydrogens is 176 g/mol. The highest BCUT2D eigenvalue weighted by atomic mass is 16.1. The Morgan fingerprint density at radius 1 is 1.36 bits per heavy atom. The van der Waals surface area contributed by atoms with E-state index in [2.05, 4.69) is 10.3 Å². The van der Waals surface area contributed by atoms with Gasteiger partial charge in [-0.3, -0.25) is 9.79 Å². The Labute approximate surface area is 82.9 Å². The van der Waals surface area contributed by atoms with Gasteiger partial charge in [-0.15, -0.1) is 0 Å². The number of amides is 1. The molecule has 1 unspecified atom stereocenters. The van der Waals surface area contributed by atoms with E-state index in [1.165, 1.54) is 0 Å². The second-order valence-electron chi connectivity index (χ2n) is 3.43. The van der Waals surface area contributed by atoms with Crippen molar-refractivity contribution < 1.29 is 4.79 Å². The lowest BCUT2D eigenvalue weighted by Crippen LogP contribution is -2.18. The molecule has 1 N–H and O–H groups in total. The molecule has 0 bridgehead atoms. The van der Waals surface area contributed by atoms with E-state index in [-0.39, 0.29) is 11.9 Å². The first kappa shape index (κ1) is 8.94. The minimum atomic E-state index is -0.109. The number of nitrogens with zero attached hydrogens (tertiary/aromatic N) is 1. The molecule has 0 aliphatic carbocycles. The molecule has 72 valence electrons. The zero-order valence-corrected chi connectivity index (χ0v) is 8.24. The zero-order chi connectivity index (χ0) is 10.1. The summed E-state index contributed by atoms with van der Waals surface area (Å²) in [7, 11) is 0. The van der Waals surface area contributed by atoms with Crippen LogP contribution < -0.4 is 5.32 Å². The van der Waals surface area contributed by atoms with Crippen LogP contribution in [0.1, 0.15) is 25.5 Å². The monoisotopic (exact) mass is 188 g/mol. The van der Waals surface area contributed by atoms with Crippen molar-refractivity contribution in [3.05, 3.63) is 29.8 Å². The lowest BCUT2D eigenvalue weighted by Gasteiger charge is -2.08. The van der Waals surface area contributed by atoms with E-state index < -0.39 is 0 Å². The molecule has 1 aliphatic rings. The van der Waals surface area contributed by atoms with Crippen LogP contribution in [0.25, 0.3) is 0 Å². The molecule has 1 aromatic rings. The van der Waals surface area contributed by atoms with Crippen LogP contribution in [0.4, 0.5) is 5.69 Å². The molecule has 0 fully saturated rings. The number of carbonyl (C=O) groups is 1. The summed E-state index contributed by atoms with van der Waals surface area (Å²) < 4.78 is 0. The number of benzene rings is 1. The Kier molecular flexibility index (Phi) is 2.08. The van der Waals surface area contributed by atoms with Gasteiger partial charge in [-0.05, 0) is 25.5 Å². The quantitative estimate of drug-likeness (QED) is 0.666. The molecule has 0 radical (unpaired) electrons. The predicted octanol–water partition coefficient (Wildman–Crippen LogP) is 2.16. The van der Waals surface area contributed by atoms with Gasteiger partial charge in [0, 0.05) is 5.69 Å². The van der Waals surface area contributed by atoms with Crippen molar-refractivity contribution in [3.63, 3.8) is 0 Å². The summed E-state index contributed by atoms with van der Waals surface area (Å²) in [5.74, 6) is -0.109. The van der Waals surface area contributed by atoms with Crippen molar-refractivity contribution in [2.45, 2.75) is 19.9 Å². The van der Waals surface area contributed by atoms with Gasteiger partial charge < -0.3 is 5.32 Å². The number of carbonyl (C=O) groups excluding carboxylic acids is 1. The SMILES string of the molecule is CC1=NC(C)c2ccccc2NC1=O. The maximum Gasteiger partial charge on any atom is 0.269 e. The fraction of sp³-hybridized carbons (Fsp3) is 0.273. The lowest BCUT2D eigenvalue weighted by molar-refractivity contribution is -0.110. The van der Waals surface area contributed by atoms with Crippen LogP contribution in [0.5, 0.6) is 0 Å². The molecule has 0 saturated carbocycles. The first-order valence-electron chi connectivity index (χ1n) is 4.63. The Bertz CT molecular complexity index is 410. The Hall–Kier alpha value is -1.64. The van der Waals surface area contributed by atoms with Crippen LogP contribution in [0.15, 0.2) is 29.3 Å². The highest BCUT2D eigenvalue weighted by Crippen LogP contribution is 2.27. The van der Waals surface area contributed by atoms with E-state index in [1.807, 2.05) is 31.2 Å². The molecule has 1 amide bonds. The van der Waals surface area contributed by atoms with Crippen molar-refractivity contribution in [1.29, 1.82) is 0 Å². The first-order chi connectivity index (χ1) is 6.68. The molecule has 0 aromatic heterocycles. The average molecular weight is 188 g/mol. The van der Waals surface area contributed by atoms with Crippen molar-refractivity contribution in [2.24, 2.45) is 4.99 Å². The third-order valence-electron chi connectivity index (χ3n) is 2.37. The molecule has 0 spiro atoms. The summed E-state index contributed by atoms with van der Waals surface area (Å²) in [6, 6.07) is 7.80. The topological polar surface area (TPSA) is 41.5 Å². The molecule has 1 aromatic carbocycles. The maximum atomic E-state index is 11.5. The molecular formula is C11H12N2O. The summed E-state index contributed by atoms with van der Waals surface area (Å²) in [6.07, 6.45) is 0. The van der Waals surface area contributed by atoms with Crippen molar-refractivity contribution in [2.75, 3.05) is 5.32 Å². The normalized spacial score (nSPS) is 20.6. The average Bonchev–Trinajstić information content (AvgIpc) is 2.27. The van der Waals surface area contributed by atoms with E-state index in [1.54, 1.807) is 6.92 Å². The Morgan fingerprint density at radius 2 is 2.07 bits per heavy atom. The van der Waals surface area contributed by atoms with Gasteiger partial charge in [-0.1, -0.05) is 18.2 Å². The van der Waals surface area contributed by atoms with Crippen molar-refractivity contribution in [1.82, 2.24) is 0 Å². The van der Waals surface area contributed by atoms with Crippen LogP contribution in [-0.2, 0) is 4.79 Å². The standard InChI is InChI=1S/C11H12N2O/c1-7-9-5-3-4-6-10(9)13-11(14)8(2)12-7/h3-7H,1-2H3,(H,13,14). The predicted molar refractivity (Wildman–Crippen MR) is 56.6 cm³/mol. The maximum absolute atomic E-state index is 11.5. The third kappa shape index (κ3) is 1.41. The van der Waals surface area contributed by atoms with E-state index in [9.17, 15) is 4.79 Å². The summed E-state index contributed by atoms with van der Waals surface area (Å²) in [4.78, 5) is 15.8. The summed E-state index contributed by atoms with van der Waals surface area (Å²) in [5, 5.41) is 2.83. The van der Waals surface area contributed by atoms with Crippen LogP contribution in [-0.4, -0.2) is 11.6 Å². The number of rotatable bonds is 0. The number of aliphatic imine (C=N–C) groups is 1. The number of fused-ring (bicyclic) bond motifs is 1. The fourth-order valence-electron chi connectivity index (χ4n) is 1.61. The molecule has 1 aliphatic heterocycles. The van der Waals surface area contributed by atoms with Crippen LogP contribution >= 0.6 is 0 Å². The van der Waals surface area contributed by atoms with Gasteiger partial charge in [0.25, 0.3) is 5.91 Å². The first-order valence-corrected chi connectivity index (χ1v) is 4.63. The molecule has 1 heterocycles. The lowest BCUT2D eigenvalue weighted by atomic mass is 10.1. The zero-order valence-electron chi connectivity index (χ0n) is 8.24. The van der Waals surface area contributed by atoms with Gasteiger partial charge in [0.2, 0.25) is 0 Å². The van der Waals surface area contributed by atoms with E-state index >= 15 is 0 Å². The van der Waals surface area contributed by atoms with Gasteiger partial charge >= 0.3 is 0 Å². The minimum Gasteiger partial charge on any atom is -0.321 e. The number of para-hydroxylation sites is 1. The summed E-state index contributed by atoms with van der Waals surface area (Å²) in [6.45, 7) is 3.72.